The Hall–Kier alpha value is -2.95. The molecule has 3 rings (SSSR count). The summed E-state index contributed by atoms with van der Waals surface area (Å²) in [6.45, 7) is 1.00. The van der Waals surface area contributed by atoms with Crippen molar-refractivity contribution in [3.05, 3.63) is 83.9 Å². The lowest BCUT2D eigenvalue weighted by Crippen LogP contribution is -2.38. The van der Waals surface area contributed by atoms with Crippen LogP contribution in [-0.2, 0) is 22.6 Å². The van der Waals surface area contributed by atoms with Crippen molar-refractivity contribution < 1.29 is 14.3 Å². The van der Waals surface area contributed by atoms with Gasteiger partial charge in [-0.15, -0.1) is 0 Å². The molecule has 2 aromatic rings. The number of hydrogen-bond acceptors (Lipinski definition) is 3. The number of nitrogens with one attached hydrogen (secondary N) is 1. The molecule has 0 bridgehead atoms. The van der Waals surface area contributed by atoms with Gasteiger partial charge in [-0.1, -0.05) is 60.7 Å². The van der Waals surface area contributed by atoms with Gasteiger partial charge >= 0.3 is 6.03 Å². The zero-order valence-electron chi connectivity index (χ0n) is 12.6. The first-order valence-electron chi connectivity index (χ1n) is 7.41. The molecule has 5 nitrogen and oxygen atoms in total. The summed E-state index contributed by atoms with van der Waals surface area (Å²) in [6.07, 6.45) is 1.46. The Morgan fingerprint density at radius 1 is 1.00 bits per heavy atom. The van der Waals surface area contributed by atoms with E-state index >= 15 is 0 Å². The van der Waals surface area contributed by atoms with Gasteiger partial charge in [0.1, 0.15) is 6.26 Å². The molecule has 0 spiro atoms. The molecule has 0 unspecified atom stereocenters. The fraction of sp³-hybridized carbons (Fsp3) is 0.167. The van der Waals surface area contributed by atoms with Gasteiger partial charge in [0.05, 0.1) is 6.54 Å². The minimum Gasteiger partial charge on any atom is -0.459 e. The van der Waals surface area contributed by atoms with E-state index in [9.17, 15) is 4.79 Å². The number of benzene rings is 2. The maximum Gasteiger partial charge on any atom is 0.324 e. The van der Waals surface area contributed by atoms with Gasteiger partial charge in [-0.3, -0.25) is 4.90 Å². The molecule has 1 aliphatic heterocycles. The Morgan fingerprint density at radius 2 is 1.65 bits per heavy atom. The van der Waals surface area contributed by atoms with E-state index < -0.39 is 0 Å². The van der Waals surface area contributed by atoms with Crippen molar-refractivity contribution in [2.45, 2.75) is 13.1 Å². The molecule has 0 fully saturated rings. The molecule has 118 valence electrons. The van der Waals surface area contributed by atoms with Crippen LogP contribution >= 0.6 is 0 Å². The number of nitrogens with zero attached hydrogens (tertiary/aromatic N) is 1. The first-order valence-corrected chi connectivity index (χ1v) is 7.41. The van der Waals surface area contributed by atoms with E-state index in [0.29, 0.717) is 19.0 Å². The molecular weight excluding hydrogens is 292 g/mol. The lowest BCUT2D eigenvalue weighted by atomic mass is 10.2. The van der Waals surface area contributed by atoms with Crippen LogP contribution in [-0.4, -0.2) is 17.7 Å². The maximum absolute atomic E-state index is 12.5. The third kappa shape index (κ3) is 4.03. The molecule has 23 heavy (non-hydrogen) atoms. The van der Waals surface area contributed by atoms with Crippen LogP contribution in [0.5, 0.6) is 0 Å². The topological polar surface area (TPSA) is 50.8 Å². The molecular formula is C18H18N2O3. The summed E-state index contributed by atoms with van der Waals surface area (Å²) >= 11 is 0. The largest absolute Gasteiger partial charge is 0.459 e. The van der Waals surface area contributed by atoms with Crippen LogP contribution in [0.25, 0.3) is 0 Å². The summed E-state index contributed by atoms with van der Waals surface area (Å²) in [4.78, 5) is 14.1. The quantitative estimate of drug-likeness (QED) is 0.922. The third-order valence-corrected chi connectivity index (χ3v) is 3.44. The van der Waals surface area contributed by atoms with Gasteiger partial charge in [-0.25, -0.2) is 4.79 Å². The van der Waals surface area contributed by atoms with Gasteiger partial charge in [0.2, 0.25) is 12.7 Å². The Morgan fingerprint density at radius 3 is 2.26 bits per heavy atom. The highest BCUT2D eigenvalue weighted by atomic mass is 16.7. The fourth-order valence-corrected chi connectivity index (χ4v) is 2.26. The molecule has 2 amide bonds. The minimum absolute atomic E-state index is 0.132. The van der Waals surface area contributed by atoms with E-state index in [4.69, 9.17) is 9.47 Å². The van der Waals surface area contributed by atoms with Gasteiger partial charge in [0.25, 0.3) is 0 Å². The van der Waals surface area contributed by atoms with E-state index in [-0.39, 0.29) is 12.8 Å². The van der Waals surface area contributed by atoms with Crippen molar-refractivity contribution >= 4 is 6.03 Å². The number of rotatable bonds is 5. The Balaban J connectivity index is 1.68. The number of amides is 2. The Labute approximate surface area is 135 Å². The second-order valence-electron chi connectivity index (χ2n) is 5.10. The second kappa shape index (κ2) is 7.35. The zero-order valence-corrected chi connectivity index (χ0v) is 12.6. The minimum atomic E-state index is -0.227. The van der Waals surface area contributed by atoms with Gasteiger partial charge in [0.15, 0.2) is 0 Å². The number of urea groups is 1. The second-order valence-corrected chi connectivity index (χ2v) is 5.10. The molecule has 0 aliphatic carbocycles. The maximum atomic E-state index is 12.5. The van der Waals surface area contributed by atoms with Crippen LogP contribution in [0.4, 0.5) is 4.79 Å². The normalized spacial score (nSPS) is 12.8. The van der Waals surface area contributed by atoms with Crippen molar-refractivity contribution in [1.29, 1.82) is 0 Å². The molecule has 1 N–H and O–H groups in total. The lowest BCUT2D eigenvalue weighted by Gasteiger charge is -2.22. The van der Waals surface area contributed by atoms with Gasteiger partial charge in [-0.2, -0.15) is 0 Å². The molecule has 2 aromatic carbocycles. The molecule has 0 atom stereocenters. The van der Waals surface area contributed by atoms with E-state index in [2.05, 4.69) is 5.32 Å². The highest BCUT2D eigenvalue weighted by Crippen LogP contribution is 2.17. The summed E-state index contributed by atoms with van der Waals surface area (Å²) in [6, 6.07) is 19.3. The van der Waals surface area contributed by atoms with E-state index in [0.717, 1.165) is 11.1 Å². The van der Waals surface area contributed by atoms with Crippen LogP contribution in [0.15, 0.2) is 72.8 Å². The highest BCUT2D eigenvalue weighted by molar-refractivity contribution is 5.75. The van der Waals surface area contributed by atoms with Gasteiger partial charge in [-0.05, 0) is 11.1 Å². The van der Waals surface area contributed by atoms with Crippen LogP contribution in [0.3, 0.4) is 0 Å². The van der Waals surface area contributed by atoms with Crippen molar-refractivity contribution in [2.75, 3.05) is 6.79 Å². The number of carbonyl (C=O) groups excluding carboxylic acids is 1. The summed E-state index contributed by atoms with van der Waals surface area (Å²) in [5, 5.41) is 2.91. The number of hydrogen-bond donors (Lipinski definition) is 1. The fourth-order valence-electron chi connectivity index (χ4n) is 2.26. The summed E-state index contributed by atoms with van der Waals surface area (Å²) in [5.41, 5.74) is 2.05. The first-order chi connectivity index (χ1) is 11.3. The Bertz CT molecular complexity index is 671. The van der Waals surface area contributed by atoms with E-state index in [1.165, 1.54) is 11.2 Å². The smallest absolute Gasteiger partial charge is 0.324 e. The summed E-state index contributed by atoms with van der Waals surface area (Å²) < 4.78 is 10.4. The van der Waals surface area contributed by atoms with Crippen LogP contribution < -0.4 is 5.32 Å². The summed E-state index contributed by atoms with van der Waals surface area (Å²) in [7, 11) is 0. The van der Waals surface area contributed by atoms with Crippen LogP contribution in [0.2, 0.25) is 0 Å². The van der Waals surface area contributed by atoms with Gasteiger partial charge < -0.3 is 14.8 Å². The average molecular weight is 310 g/mol. The molecule has 0 saturated heterocycles. The Kier molecular flexibility index (Phi) is 4.79. The molecule has 0 radical (unpaired) electrons. The summed E-state index contributed by atoms with van der Waals surface area (Å²) in [5.74, 6) is 0.416. The van der Waals surface area contributed by atoms with Crippen molar-refractivity contribution in [1.82, 2.24) is 10.2 Å². The zero-order chi connectivity index (χ0) is 15.9. The monoisotopic (exact) mass is 310 g/mol. The standard InChI is InChI=1S/C18H18N2O3/c21-18(19-11-15-7-3-1-4-8-15)20(17-13-22-14-23-17)12-16-9-5-2-6-10-16/h1-10,13H,11-12,14H2,(H,19,21). The van der Waals surface area contributed by atoms with Crippen LogP contribution in [0, 0.1) is 0 Å². The number of carbonyl (C=O) groups is 1. The predicted molar refractivity (Wildman–Crippen MR) is 85.8 cm³/mol. The van der Waals surface area contributed by atoms with Crippen molar-refractivity contribution in [3.8, 4) is 0 Å². The van der Waals surface area contributed by atoms with Crippen LogP contribution in [0.1, 0.15) is 11.1 Å². The van der Waals surface area contributed by atoms with E-state index in [1.807, 2.05) is 60.7 Å². The average Bonchev–Trinajstić information content (AvgIpc) is 3.14. The predicted octanol–water partition coefficient (Wildman–Crippen LogP) is 3.20. The molecule has 0 saturated carbocycles. The molecule has 0 aromatic heterocycles. The molecule has 1 aliphatic rings. The molecule has 5 heteroatoms. The SMILES string of the molecule is O=C(NCc1ccccc1)N(Cc1ccccc1)C1=COCO1. The van der Waals surface area contributed by atoms with Crippen molar-refractivity contribution in [2.24, 2.45) is 0 Å². The third-order valence-electron chi connectivity index (χ3n) is 3.44. The van der Waals surface area contributed by atoms with E-state index in [1.54, 1.807) is 0 Å². The molecule has 1 heterocycles. The van der Waals surface area contributed by atoms with Gasteiger partial charge in [0, 0.05) is 6.54 Å². The lowest BCUT2D eigenvalue weighted by molar-refractivity contribution is 0.0539. The number of ether oxygens (including phenoxy) is 2. The highest BCUT2D eigenvalue weighted by Gasteiger charge is 2.22. The van der Waals surface area contributed by atoms with Crippen molar-refractivity contribution in [3.63, 3.8) is 0 Å². The first kappa shape index (κ1) is 15.0.